The Morgan fingerprint density at radius 3 is 2.06 bits per heavy atom. The summed E-state index contributed by atoms with van der Waals surface area (Å²) in [6.07, 6.45) is 1.90. The van der Waals surface area contributed by atoms with E-state index in [-0.39, 0.29) is 5.69 Å². The van der Waals surface area contributed by atoms with Crippen LogP contribution >= 0.6 is 7.14 Å². The highest BCUT2D eigenvalue weighted by Gasteiger charge is 2.17. The smallest absolute Gasteiger partial charge is 0.269 e. The second-order valence-corrected chi connectivity index (χ2v) is 7.47. The molecule has 0 aliphatic rings. The highest BCUT2D eigenvalue weighted by atomic mass is 31.2. The molecule has 0 heterocycles. The van der Waals surface area contributed by atoms with Gasteiger partial charge in [-0.05, 0) is 17.9 Å². The molecule has 0 N–H and O–H groups in total. The van der Waals surface area contributed by atoms with Crippen molar-refractivity contribution in [1.29, 1.82) is 0 Å². The molecule has 16 heavy (non-hydrogen) atoms. The lowest BCUT2D eigenvalue weighted by molar-refractivity contribution is -0.384. The highest BCUT2D eigenvalue weighted by molar-refractivity contribution is 7.63. The molecule has 1 aromatic carbocycles. The predicted molar refractivity (Wildman–Crippen MR) is 65.5 cm³/mol. The minimum Gasteiger partial charge on any atom is -0.323 e. The molecule has 0 unspecified atom stereocenters. The summed E-state index contributed by atoms with van der Waals surface area (Å²) in [4.78, 5) is 10.0. The first-order valence-electron chi connectivity index (χ1n) is 5.31. The maximum absolute atomic E-state index is 12.2. The van der Waals surface area contributed by atoms with E-state index in [2.05, 4.69) is 0 Å². The van der Waals surface area contributed by atoms with Gasteiger partial charge in [0.15, 0.2) is 0 Å². The SMILES string of the molecule is CCP(=O)(CC)Cc1ccc([N+](=O)[O-])cc1. The Bertz CT molecular complexity index is 406. The van der Waals surface area contributed by atoms with Gasteiger partial charge >= 0.3 is 0 Å². The molecule has 0 aliphatic heterocycles. The molecule has 88 valence electrons. The Labute approximate surface area is 95.2 Å². The minimum atomic E-state index is -2.11. The third-order valence-corrected chi connectivity index (χ3v) is 6.02. The van der Waals surface area contributed by atoms with Gasteiger partial charge in [-0.2, -0.15) is 0 Å². The Morgan fingerprint density at radius 2 is 1.69 bits per heavy atom. The molecule has 1 rings (SSSR count). The Morgan fingerprint density at radius 1 is 1.19 bits per heavy atom. The largest absolute Gasteiger partial charge is 0.323 e. The fourth-order valence-electron chi connectivity index (χ4n) is 1.50. The van der Waals surface area contributed by atoms with Gasteiger partial charge in [-0.15, -0.1) is 0 Å². The van der Waals surface area contributed by atoms with Crippen LogP contribution in [0.4, 0.5) is 5.69 Å². The second-order valence-electron chi connectivity index (χ2n) is 3.77. The molecular formula is C11H16NO3P. The first-order valence-corrected chi connectivity index (χ1v) is 7.57. The van der Waals surface area contributed by atoms with Gasteiger partial charge in [0.2, 0.25) is 0 Å². The number of hydrogen-bond donors (Lipinski definition) is 0. The molecule has 1 aromatic rings. The number of hydrogen-bond acceptors (Lipinski definition) is 3. The van der Waals surface area contributed by atoms with E-state index in [1.54, 1.807) is 12.1 Å². The standard InChI is InChI=1S/C11H16NO3P/c1-3-16(15,4-2)9-10-5-7-11(8-6-10)12(13)14/h5-8H,3-4,9H2,1-2H3. The van der Waals surface area contributed by atoms with Crippen molar-refractivity contribution in [2.24, 2.45) is 0 Å². The number of nitro groups is 1. The van der Waals surface area contributed by atoms with Crippen molar-refractivity contribution in [2.45, 2.75) is 20.0 Å². The van der Waals surface area contributed by atoms with Gasteiger partial charge in [-0.25, -0.2) is 0 Å². The Kier molecular flexibility index (Phi) is 4.25. The van der Waals surface area contributed by atoms with Crippen LogP contribution in [0.1, 0.15) is 19.4 Å². The number of nitro benzene ring substituents is 1. The minimum absolute atomic E-state index is 0.0755. The van der Waals surface area contributed by atoms with E-state index < -0.39 is 12.1 Å². The normalized spacial score (nSPS) is 11.4. The first kappa shape index (κ1) is 12.9. The van der Waals surface area contributed by atoms with Gasteiger partial charge in [0, 0.05) is 18.3 Å². The molecule has 0 bridgehead atoms. The molecule has 0 radical (unpaired) electrons. The second kappa shape index (κ2) is 5.26. The van der Waals surface area contributed by atoms with E-state index in [0.29, 0.717) is 18.5 Å². The van der Waals surface area contributed by atoms with Crippen LogP contribution in [0.15, 0.2) is 24.3 Å². The van der Waals surface area contributed by atoms with E-state index >= 15 is 0 Å². The Balaban J connectivity index is 2.83. The van der Waals surface area contributed by atoms with Gasteiger partial charge in [0.25, 0.3) is 5.69 Å². The highest BCUT2D eigenvalue weighted by Crippen LogP contribution is 2.48. The summed E-state index contributed by atoms with van der Waals surface area (Å²) in [5.41, 5.74) is 0.990. The average molecular weight is 241 g/mol. The maximum atomic E-state index is 12.2. The fraction of sp³-hybridized carbons (Fsp3) is 0.455. The van der Waals surface area contributed by atoms with Crippen LogP contribution in [-0.4, -0.2) is 17.2 Å². The molecule has 0 saturated carbocycles. The average Bonchev–Trinajstić information content (AvgIpc) is 2.29. The number of nitrogens with zero attached hydrogens (tertiary/aromatic N) is 1. The summed E-state index contributed by atoms with van der Waals surface area (Å²) in [6.45, 7) is 3.85. The molecule has 0 atom stereocenters. The van der Waals surface area contributed by atoms with Crippen LogP contribution in [0.25, 0.3) is 0 Å². The lowest BCUT2D eigenvalue weighted by Gasteiger charge is -2.13. The molecule has 0 saturated heterocycles. The van der Waals surface area contributed by atoms with Crippen LogP contribution < -0.4 is 0 Å². The molecule has 5 heteroatoms. The Hall–Kier alpha value is -1.15. The van der Waals surface area contributed by atoms with E-state index in [9.17, 15) is 14.7 Å². The molecule has 0 aliphatic carbocycles. The summed E-state index contributed by atoms with van der Waals surface area (Å²) in [6, 6.07) is 6.31. The zero-order valence-corrected chi connectivity index (χ0v) is 10.4. The first-order chi connectivity index (χ1) is 7.50. The number of non-ortho nitro benzene ring substituents is 1. The van der Waals surface area contributed by atoms with Crippen LogP contribution in [0.2, 0.25) is 0 Å². The van der Waals surface area contributed by atoms with Gasteiger partial charge in [-0.1, -0.05) is 26.0 Å². The third kappa shape index (κ3) is 3.17. The molecule has 0 amide bonds. The zero-order chi connectivity index (χ0) is 12.2. The summed E-state index contributed by atoms with van der Waals surface area (Å²) < 4.78 is 12.2. The van der Waals surface area contributed by atoms with Gasteiger partial charge in [0.1, 0.15) is 0 Å². The third-order valence-electron chi connectivity index (χ3n) is 2.77. The van der Waals surface area contributed by atoms with E-state index in [1.165, 1.54) is 12.1 Å². The van der Waals surface area contributed by atoms with E-state index in [1.807, 2.05) is 13.8 Å². The summed E-state index contributed by atoms with van der Waals surface area (Å²) >= 11 is 0. The van der Waals surface area contributed by atoms with E-state index in [4.69, 9.17) is 0 Å². The van der Waals surface area contributed by atoms with Crippen molar-refractivity contribution in [2.75, 3.05) is 12.3 Å². The summed E-state index contributed by atoms with van der Waals surface area (Å²) in [7, 11) is -2.11. The van der Waals surface area contributed by atoms with Gasteiger partial charge in [0.05, 0.1) is 12.1 Å². The van der Waals surface area contributed by atoms with Crippen molar-refractivity contribution in [3.63, 3.8) is 0 Å². The summed E-state index contributed by atoms with van der Waals surface area (Å²) in [5, 5.41) is 10.5. The van der Waals surface area contributed by atoms with Crippen molar-refractivity contribution in [1.82, 2.24) is 0 Å². The molecular weight excluding hydrogens is 225 g/mol. The number of benzene rings is 1. The van der Waals surface area contributed by atoms with Gasteiger partial charge < -0.3 is 4.57 Å². The van der Waals surface area contributed by atoms with Crippen molar-refractivity contribution < 1.29 is 9.49 Å². The molecule has 0 fully saturated rings. The lowest BCUT2D eigenvalue weighted by atomic mass is 10.2. The summed E-state index contributed by atoms with van der Waals surface area (Å²) in [5.74, 6) is 0. The lowest BCUT2D eigenvalue weighted by Crippen LogP contribution is -1.95. The molecule has 0 aromatic heterocycles. The van der Waals surface area contributed by atoms with E-state index in [0.717, 1.165) is 5.56 Å². The quantitative estimate of drug-likeness (QED) is 0.450. The van der Waals surface area contributed by atoms with Crippen molar-refractivity contribution >= 4 is 12.8 Å². The van der Waals surface area contributed by atoms with Crippen molar-refractivity contribution in [3.05, 3.63) is 39.9 Å². The van der Waals surface area contributed by atoms with Crippen molar-refractivity contribution in [3.8, 4) is 0 Å². The van der Waals surface area contributed by atoms with Crippen LogP contribution in [-0.2, 0) is 10.7 Å². The molecule has 4 nitrogen and oxygen atoms in total. The topological polar surface area (TPSA) is 60.2 Å². The molecule has 0 spiro atoms. The number of rotatable bonds is 5. The van der Waals surface area contributed by atoms with Gasteiger partial charge in [-0.3, -0.25) is 10.1 Å². The maximum Gasteiger partial charge on any atom is 0.269 e. The fourth-order valence-corrected chi connectivity index (χ4v) is 3.27. The zero-order valence-electron chi connectivity index (χ0n) is 9.55. The van der Waals surface area contributed by atoms with Crippen LogP contribution in [0.3, 0.4) is 0 Å². The monoisotopic (exact) mass is 241 g/mol. The predicted octanol–water partition coefficient (Wildman–Crippen LogP) is 3.50. The van der Waals surface area contributed by atoms with Crippen LogP contribution in [0.5, 0.6) is 0 Å². The van der Waals surface area contributed by atoms with Crippen LogP contribution in [0, 0.1) is 10.1 Å².